The standard InChI is InChI=1S/C21H19N3O3/c1-13-7-9-14(10-8-13)12-22-23-20(26)17-19(25)16-6-2-4-15-5-3-11-24(18(15)16)21(17)27/h2,4,6-10,12,25H,3,5,11H2,1H3,(H,23,26). The normalized spacial score (nSPS) is 13.2. The first kappa shape index (κ1) is 17.0. The van der Waals surface area contributed by atoms with Crippen LogP contribution in [0.2, 0.25) is 0 Å². The van der Waals surface area contributed by atoms with E-state index in [-0.39, 0.29) is 11.3 Å². The minimum absolute atomic E-state index is 0.275. The molecule has 6 heteroatoms. The van der Waals surface area contributed by atoms with Crippen molar-refractivity contribution in [1.82, 2.24) is 9.99 Å². The van der Waals surface area contributed by atoms with E-state index < -0.39 is 11.5 Å². The summed E-state index contributed by atoms with van der Waals surface area (Å²) >= 11 is 0. The van der Waals surface area contributed by atoms with Gasteiger partial charge in [-0.3, -0.25) is 9.59 Å². The summed E-state index contributed by atoms with van der Waals surface area (Å²) < 4.78 is 1.58. The van der Waals surface area contributed by atoms with Gasteiger partial charge in [0.25, 0.3) is 11.5 Å². The number of hydrogen-bond donors (Lipinski definition) is 2. The Kier molecular flexibility index (Phi) is 4.24. The van der Waals surface area contributed by atoms with Crippen molar-refractivity contribution in [3.05, 3.63) is 75.1 Å². The molecule has 1 amide bonds. The summed E-state index contributed by atoms with van der Waals surface area (Å²) in [4.78, 5) is 25.4. The molecule has 1 aliphatic rings. The number of carbonyl (C=O) groups excluding carboxylic acids is 1. The molecule has 2 heterocycles. The SMILES string of the molecule is Cc1ccc(C=NNC(=O)c2c(O)c3cccc4c3n(c2=O)CCC4)cc1. The Hall–Kier alpha value is -3.41. The van der Waals surface area contributed by atoms with Crippen molar-refractivity contribution < 1.29 is 9.90 Å². The number of carbonyl (C=O) groups is 1. The van der Waals surface area contributed by atoms with Crippen LogP contribution in [0.25, 0.3) is 10.9 Å². The van der Waals surface area contributed by atoms with Gasteiger partial charge in [0.1, 0.15) is 11.3 Å². The summed E-state index contributed by atoms with van der Waals surface area (Å²) in [5.74, 6) is -1.01. The number of nitrogens with zero attached hydrogens (tertiary/aromatic N) is 2. The van der Waals surface area contributed by atoms with Gasteiger partial charge >= 0.3 is 0 Å². The van der Waals surface area contributed by atoms with E-state index in [1.165, 1.54) is 6.21 Å². The van der Waals surface area contributed by atoms with E-state index in [4.69, 9.17) is 0 Å². The number of rotatable bonds is 3. The maximum Gasteiger partial charge on any atom is 0.280 e. The van der Waals surface area contributed by atoms with Crippen LogP contribution >= 0.6 is 0 Å². The van der Waals surface area contributed by atoms with Crippen molar-refractivity contribution in [3.8, 4) is 5.75 Å². The average molecular weight is 361 g/mol. The third kappa shape index (κ3) is 2.99. The van der Waals surface area contributed by atoms with Gasteiger partial charge in [-0.05, 0) is 37.0 Å². The molecule has 2 N–H and O–H groups in total. The maximum absolute atomic E-state index is 12.8. The van der Waals surface area contributed by atoms with E-state index in [9.17, 15) is 14.7 Å². The van der Waals surface area contributed by atoms with Crippen molar-refractivity contribution in [2.24, 2.45) is 5.10 Å². The first-order valence-corrected chi connectivity index (χ1v) is 8.83. The van der Waals surface area contributed by atoms with Crippen LogP contribution in [-0.4, -0.2) is 21.8 Å². The fourth-order valence-corrected chi connectivity index (χ4v) is 3.49. The lowest BCUT2D eigenvalue weighted by atomic mass is 9.99. The molecule has 0 bridgehead atoms. The molecule has 0 unspecified atom stereocenters. The maximum atomic E-state index is 12.8. The van der Waals surface area contributed by atoms with Crippen LogP contribution in [-0.2, 0) is 13.0 Å². The van der Waals surface area contributed by atoms with Gasteiger partial charge in [-0.1, -0.05) is 42.0 Å². The Morgan fingerprint density at radius 2 is 2.00 bits per heavy atom. The number of hydrogen-bond acceptors (Lipinski definition) is 4. The summed E-state index contributed by atoms with van der Waals surface area (Å²) in [6, 6.07) is 13.1. The highest BCUT2D eigenvalue weighted by Gasteiger charge is 2.24. The van der Waals surface area contributed by atoms with Crippen molar-refractivity contribution >= 4 is 23.0 Å². The fourth-order valence-electron chi connectivity index (χ4n) is 3.49. The summed E-state index contributed by atoms with van der Waals surface area (Å²) in [7, 11) is 0. The van der Waals surface area contributed by atoms with E-state index in [2.05, 4.69) is 10.5 Å². The number of aromatic nitrogens is 1. The van der Waals surface area contributed by atoms with Gasteiger partial charge in [0.05, 0.1) is 11.7 Å². The molecule has 0 saturated heterocycles. The predicted octanol–water partition coefficient (Wildman–Crippen LogP) is 2.73. The molecule has 0 atom stereocenters. The van der Waals surface area contributed by atoms with Gasteiger partial charge in [0.2, 0.25) is 0 Å². The summed E-state index contributed by atoms with van der Waals surface area (Å²) in [6.45, 7) is 2.51. The van der Waals surface area contributed by atoms with Crippen molar-refractivity contribution in [3.63, 3.8) is 0 Å². The minimum Gasteiger partial charge on any atom is -0.506 e. The lowest BCUT2D eigenvalue weighted by Gasteiger charge is -2.21. The molecule has 1 aliphatic heterocycles. The molecular formula is C21H19N3O3. The zero-order valence-electron chi connectivity index (χ0n) is 14.9. The predicted molar refractivity (Wildman–Crippen MR) is 104 cm³/mol. The van der Waals surface area contributed by atoms with Gasteiger partial charge in [0, 0.05) is 11.9 Å². The monoisotopic (exact) mass is 361 g/mol. The highest BCUT2D eigenvalue weighted by molar-refractivity contribution is 6.03. The first-order valence-electron chi connectivity index (χ1n) is 8.83. The largest absolute Gasteiger partial charge is 0.506 e. The van der Waals surface area contributed by atoms with Gasteiger partial charge in [-0.15, -0.1) is 0 Å². The van der Waals surface area contributed by atoms with Crippen molar-refractivity contribution in [1.29, 1.82) is 0 Å². The average Bonchev–Trinajstić information content (AvgIpc) is 2.67. The Balaban J connectivity index is 1.70. The lowest BCUT2D eigenvalue weighted by Crippen LogP contribution is -2.33. The van der Waals surface area contributed by atoms with E-state index in [1.54, 1.807) is 10.6 Å². The summed E-state index contributed by atoms with van der Waals surface area (Å²) in [5, 5.41) is 15.0. The number of para-hydroxylation sites is 1. The Labute approximate surface area is 155 Å². The summed E-state index contributed by atoms with van der Waals surface area (Å²) in [6.07, 6.45) is 3.17. The number of benzene rings is 2. The second-order valence-electron chi connectivity index (χ2n) is 6.71. The molecule has 0 aliphatic carbocycles. The number of aryl methyl sites for hydroxylation is 3. The lowest BCUT2D eigenvalue weighted by molar-refractivity contribution is 0.0950. The van der Waals surface area contributed by atoms with Crippen LogP contribution in [0.3, 0.4) is 0 Å². The van der Waals surface area contributed by atoms with Crippen LogP contribution in [0.4, 0.5) is 0 Å². The highest BCUT2D eigenvalue weighted by atomic mass is 16.3. The van der Waals surface area contributed by atoms with Crippen molar-refractivity contribution in [2.45, 2.75) is 26.3 Å². The third-order valence-electron chi connectivity index (χ3n) is 4.85. The molecule has 0 radical (unpaired) electrons. The molecule has 27 heavy (non-hydrogen) atoms. The van der Waals surface area contributed by atoms with Crippen LogP contribution < -0.4 is 11.0 Å². The molecule has 136 valence electrons. The van der Waals surface area contributed by atoms with E-state index >= 15 is 0 Å². The number of nitrogens with one attached hydrogen (secondary N) is 1. The van der Waals surface area contributed by atoms with E-state index in [1.807, 2.05) is 43.3 Å². The van der Waals surface area contributed by atoms with Crippen LogP contribution in [0, 0.1) is 6.92 Å². The Morgan fingerprint density at radius 1 is 1.22 bits per heavy atom. The second kappa shape index (κ2) is 6.72. The molecule has 4 rings (SSSR count). The first-order chi connectivity index (χ1) is 13.1. The minimum atomic E-state index is -0.720. The fraction of sp³-hybridized carbons (Fsp3) is 0.190. The van der Waals surface area contributed by atoms with Gasteiger partial charge in [-0.25, -0.2) is 5.43 Å². The molecule has 2 aromatic carbocycles. The van der Waals surface area contributed by atoms with E-state index in [0.717, 1.165) is 29.5 Å². The second-order valence-corrected chi connectivity index (χ2v) is 6.71. The molecule has 3 aromatic rings. The van der Waals surface area contributed by atoms with Gasteiger partial charge in [-0.2, -0.15) is 5.10 Å². The van der Waals surface area contributed by atoms with Crippen LogP contribution in [0.5, 0.6) is 5.75 Å². The molecule has 0 spiro atoms. The van der Waals surface area contributed by atoms with Gasteiger partial charge < -0.3 is 9.67 Å². The van der Waals surface area contributed by atoms with Crippen LogP contribution in [0.1, 0.15) is 33.5 Å². The molecule has 0 saturated carbocycles. The molecule has 6 nitrogen and oxygen atoms in total. The van der Waals surface area contributed by atoms with E-state index in [0.29, 0.717) is 17.4 Å². The number of aromatic hydroxyl groups is 1. The topological polar surface area (TPSA) is 83.7 Å². The number of pyridine rings is 1. The number of hydrazone groups is 1. The molecule has 1 aromatic heterocycles. The summed E-state index contributed by atoms with van der Waals surface area (Å²) in [5.41, 5.74) is 5.25. The highest BCUT2D eigenvalue weighted by Crippen LogP contribution is 2.31. The molecule has 0 fully saturated rings. The Morgan fingerprint density at radius 3 is 2.78 bits per heavy atom. The number of amides is 1. The van der Waals surface area contributed by atoms with Crippen LogP contribution in [0.15, 0.2) is 52.4 Å². The smallest absolute Gasteiger partial charge is 0.280 e. The third-order valence-corrected chi connectivity index (χ3v) is 4.85. The quantitative estimate of drug-likeness (QED) is 0.556. The zero-order valence-corrected chi connectivity index (χ0v) is 14.9. The van der Waals surface area contributed by atoms with Crippen molar-refractivity contribution in [2.75, 3.05) is 0 Å². The van der Waals surface area contributed by atoms with Gasteiger partial charge in [0.15, 0.2) is 0 Å². The molecular weight excluding hydrogens is 342 g/mol. The Bertz CT molecular complexity index is 1130. The zero-order chi connectivity index (χ0) is 19.0.